The fourth-order valence-electron chi connectivity index (χ4n) is 3.42. The van der Waals surface area contributed by atoms with Gasteiger partial charge in [-0.05, 0) is 68.3 Å². The van der Waals surface area contributed by atoms with E-state index in [0.717, 1.165) is 21.1 Å². The van der Waals surface area contributed by atoms with Crippen LogP contribution in [0.4, 0.5) is 11.5 Å². The van der Waals surface area contributed by atoms with Crippen LogP contribution >= 0.6 is 0 Å². The topological polar surface area (TPSA) is 113 Å². The van der Waals surface area contributed by atoms with E-state index in [1.165, 1.54) is 38.2 Å². The van der Waals surface area contributed by atoms with Crippen molar-refractivity contribution in [2.45, 2.75) is 32.6 Å². The Bertz CT molecular complexity index is 1280. The third kappa shape index (κ3) is 5.85. The van der Waals surface area contributed by atoms with Crippen LogP contribution in [0.5, 0.6) is 0 Å². The molecule has 0 radical (unpaired) electrons. The third-order valence-corrected chi connectivity index (χ3v) is 6.62. The number of benzene rings is 2. The summed E-state index contributed by atoms with van der Waals surface area (Å²) in [4.78, 5) is 23.8. The van der Waals surface area contributed by atoms with E-state index < -0.39 is 15.9 Å². The lowest BCUT2D eigenvalue weighted by Gasteiger charge is -2.17. The summed E-state index contributed by atoms with van der Waals surface area (Å²) in [5.74, 6) is -0.302. The molecule has 0 bridgehead atoms. The number of carbonyl (C=O) groups is 2. The number of hydrogen-bond acceptors (Lipinski definition) is 5. The van der Waals surface area contributed by atoms with E-state index in [1.807, 2.05) is 39.0 Å². The van der Waals surface area contributed by atoms with Crippen LogP contribution in [0.15, 0.2) is 53.4 Å². The van der Waals surface area contributed by atoms with Crippen LogP contribution in [-0.2, 0) is 19.6 Å². The van der Waals surface area contributed by atoms with E-state index in [-0.39, 0.29) is 17.3 Å². The molecule has 33 heavy (non-hydrogen) atoms. The summed E-state index contributed by atoms with van der Waals surface area (Å²) >= 11 is 0. The minimum Gasteiger partial charge on any atom is -0.326 e. The maximum Gasteiger partial charge on any atom is 0.243 e. The Balaban J connectivity index is 1.75. The molecule has 3 rings (SSSR count). The zero-order valence-corrected chi connectivity index (χ0v) is 20.0. The van der Waals surface area contributed by atoms with Gasteiger partial charge in [-0.2, -0.15) is 9.40 Å². The molecule has 2 aromatic carbocycles. The Morgan fingerprint density at radius 2 is 1.58 bits per heavy atom. The summed E-state index contributed by atoms with van der Waals surface area (Å²) in [6.07, 6.45) is 0. The highest BCUT2D eigenvalue weighted by molar-refractivity contribution is 7.89. The molecule has 0 fully saturated rings. The first-order valence-electron chi connectivity index (χ1n) is 10.2. The number of likely N-dealkylation sites (N-methyl/N-ethyl adjacent to an activating group) is 1. The average molecular weight is 470 g/mol. The van der Waals surface area contributed by atoms with Crippen LogP contribution in [0, 0.1) is 20.8 Å². The van der Waals surface area contributed by atoms with Crippen molar-refractivity contribution in [3.8, 4) is 5.69 Å². The van der Waals surface area contributed by atoms with E-state index in [0.29, 0.717) is 17.2 Å². The van der Waals surface area contributed by atoms with Gasteiger partial charge in [0.25, 0.3) is 0 Å². The Morgan fingerprint density at radius 1 is 0.970 bits per heavy atom. The molecular weight excluding hydrogens is 442 g/mol. The summed E-state index contributed by atoms with van der Waals surface area (Å²) in [6, 6.07) is 13.4. The van der Waals surface area contributed by atoms with E-state index >= 15 is 0 Å². The molecule has 10 heteroatoms. The van der Waals surface area contributed by atoms with Crippen LogP contribution < -0.4 is 10.6 Å². The average Bonchev–Trinajstić information content (AvgIpc) is 3.07. The number of nitrogens with one attached hydrogen (secondary N) is 2. The summed E-state index contributed by atoms with van der Waals surface area (Å²) in [5.41, 5.74) is 4.12. The number of rotatable bonds is 7. The Morgan fingerprint density at radius 3 is 2.15 bits per heavy atom. The lowest BCUT2D eigenvalue weighted by molar-refractivity contribution is -0.116. The van der Waals surface area contributed by atoms with Crippen molar-refractivity contribution >= 4 is 33.3 Å². The fraction of sp³-hybridized carbons (Fsp3) is 0.261. The second-order valence-electron chi connectivity index (χ2n) is 7.94. The minimum atomic E-state index is -3.90. The predicted octanol–water partition coefficient (Wildman–Crippen LogP) is 3.02. The van der Waals surface area contributed by atoms with Gasteiger partial charge in [-0.1, -0.05) is 6.07 Å². The molecule has 1 heterocycles. The smallest absolute Gasteiger partial charge is 0.243 e. The molecule has 0 aliphatic heterocycles. The number of aryl methyl sites for hydroxylation is 3. The van der Waals surface area contributed by atoms with Gasteiger partial charge in [-0.3, -0.25) is 9.59 Å². The lowest BCUT2D eigenvalue weighted by atomic mass is 10.1. The summed E-state index contributed by atoms with van der Waals surface area (Å²) in [7, 11) is -2.57. The first kappa shape index (κ1) is 24.1. The number of nitrogens with zero attached hydrogens (tertiary/aromatic N) is 3. The van der Waals surface area contributed by atoms with Crippen molar-refractivity contribution in [2.75, 3.05) is 24.2 Å². The minimum absolute atomic E-state index is 0.0167. The van der Waals surface area contributed by atoms with Crippen molar-refractivity contribution in [3.63, 3.8) is 0 Å². The number of sulfonamides is 1. The summed E-state index contributed by atoms with van der Waals surface area (Å²) in [6.45, 7) is 6.76. The van der Waals surface area contributed by atoms with Crippen LogP contribution in [0.3, 0.4) is 0 Å². The Kier molecular flexibility index (Phi) is 6.99. The number of hydrogen-bond donors (Lipinski definition) is 2. The van der Waals surface area contributed by atoms with Crippen LogP contribution in [0.2, 0.25) is 0 Å². The van der Waals surface area contributed by atoms with Gasteiger partial charge < -0.3 is 10.6 Å². The highest BCUT2D eigenvalue weighted by Crippen LogP contribution is 2.21. The van der Waals surface area contributed by atoms with Gasteiger partial charge in [0, 0.05) is 25.7 Å². The second-order valence-corrected chi connectivity index (χ2v) is 9.99. The van der Waals surface area contributed by atoms with Gasteiger partial charge in [0.05, 0.1) is 22.8 Å². The lowest BCUT2D eigenvalue weighted by Crippen LogP contribution is -2.35. The molecule has 3 aromatic rings. The third-order valence-electron chi connectivity index (χ3n) is 4.80. The zero-order chi connectivity index (χ0) is 24.3. The van der Waals surface area contributed by atoms with Gasteiger partial charge >= 0.3 is 0 Å². The molecule has 1 aromatic heterocycles. The van der Waals surface area contributed by atoms with Crippen LogP contribution in [0.1, 0.15) is 23.7 Å². The van der Waals surface area contributed by atoms with Crippen LogP contribution in [0.25, 0.3) is 5.69 Å². The van der Waals surface area contributed by atoms with Crippen LogP contribution in [-0.4, -0.2) is 47.9 Å². The van der Waals surface area contributed by atoms with Gasteiger partial charge in [0.1, 0.15) is 5.82 Å². The Labute approximate surface area is 193 Å². The Hall–Kier alpha value is -3.50. The fourth-order valence-corrected chi connectivity index (χ4v) is 4.55. The predicted molar refractivity (Wildman–Crippen MR) is 127 cm³/mol. The number of carbonyl (C=O) groups excluding carboxylic acids is 2. The molecule has 0 aliphatic carbocycles. The van der Waals surface area contributed by atoms with Crippen molar-refractivity contribution < 1.29 is 18.0 Å². The monoisotopic (exact) mass is 469 g/mol. The highest BCUT2D eigenvalue weighted by atomic mass is 32.2. The van der Waals surface area contributed by atoms with Gasteiger partial charge in [0.15, 0.2) is 0 Å². The SMILES string of the molecule is CC(=O)Nc1ccc(S(=O)(=O)N(C)CC(=O)Nc2cc(C)nn2-c2cc(C)cc(C)c2)cc1. The molecule has 0 saturated carbocycles. The van der Waals surface area contributed by atoms with Crippen molar-refractivity contribution in [1.29, 1.82) is 0 Å². The summed E-state index contributed by atoms with van der Waals surface area (Å²) < 4.78 is 28.3. The number of anilines is 2. The van der Waals surface area contributed by atoms with E-state index in [1.54, 1.807) is 10.7 Å². The van der Waals surface area contributed by atoms with E-state index in [4.69, 9.17) is 0 Å². The van der Waals surface area contributed by atoms with Crippen molar-refractivity contribution in [3.05, 3.63) is 65.4 Å². The highest BCUT2D eigenvalue weighted by Gasteiger charge is 2.23. The van der Waals surface area contributed by atoms with Gasteiger partial charge in [-0.15, -0.1) is 0 Å². The van der Waals surface area contributed by atoms with Crippen molar-refractivity contribution in [2.24, 2.45) is 0 Å². The molecule has 0 atom stereocenters. The van der Waals surface area contributed by atoms with E-state index in [2.05, 4.69) is 15.7 Å². The molecule has 9 nitrogen and oxygen atoms in total. The number of amides is 2. The maximum absolute atomic E-state index is 12.9. The standard InChI is InChI=1S/C23H27N5O4S/c1-15-10-16(2)12-20(11-15)28-22(13-17(3)26-28)25-23(30)14-27(5)33(31,32)21-8-6-19(7-9-21)24-18(4)29/h6-13H,14H2,1-5H3,(H,24,29)(H,25,30). The molecule has 174 valence electrons. The zero-order valence-electron chi connectivity index (χ0n) is 19.2. The molecule has 0 saturated heterocycles. The van der Waals surface area contributed by atoms with E-state index in [9.17, 15) is 18.0 Å². The molecule has 0 spiro atoms. The number of aromatic nitrogens is 2. The van der Waals surface area contributed by atoms with Gasteiger partial charge in [0.2, 0.25) is 21.8 Å². The molecule has 2 amide bonds. The quantitative estimate of drug-likeness (QED) is 0.552. The maximum atomic E-state index is 12.9. The summed E-state index contributed by atoms with van der Waals surface area (Å²) in [5, 5.41) is 9.80. The largest absolute Gasteiger partial charge is 0.326 e. The molecular formula is C23H27N5O4S. The molecule has 0 unspecified atom stereocenters. The normalized spacial score (nSPS) is 11.5. The molecule has 0 aliphatic rings. The second kappa shape index (κ2) is 9.55. The van der Waals surface area contributed by atoms with Gasteiger partial charge in [-0.25, -0.2) is 13.1 Å². The molecule has 2 N–H and O–H groups in total. The first-order valence-corrected chi connectivity index (χ1v) is 11.7. The van der Waals surface area contributed by atoms with Crippen molar-refractivity contribution in [1.82, 2.24) is 14.1 Å². The first-order chi connectivity index (χ1) is 15.5.